The molecule has 2 aromatic carbocycles. The van der Waals surface area contributed by atoms with Gasteiger partial charge in [-0.1, -0.05) is 6.92 Å². The number of anilines is 2. The summed E-state index contributed by atoms with van der Waals surface area (Å²) in [7, 11) is 0. The van der Waals surface area contributed by atoms with Gasteiger partial charge in [0, 0.05) is 49.0 Å². The Bertz CT molecular complexity index is 890. The number of carbonyl (C=O) groups excluding carboxylic acids is 2. The number of benzene rings is 2. The summed E-state index contributed by atoms with van der Waals surface area (Å²) in [5.74, 6) is 0.156. The first-order valence-electron chi connectivity index (χ1n) is 10.7. The number of likely N-dealkylation sites (tertiary alicyclic amines) is 1. The van der Waals surface area contributed by atoms with Crippen LogP contribution in [-0.4, -0.2) is 42.9 Å². The number of rotatable bonds is 4. The molecule has 0 spiro atoms. The van der Waals surface area contributed by atoms with Crippen molar-refractivity contribution in [2.24, 2.45) is 11.8 Å². The van der Waals surface area contributed by atoms with Crippen LogP contribution in [-0.2, 0) is 4.79 Å². The molecule has 0 radical (unpaired) electrons. The fourth-order valence-electron chi connectivity index (χ4n) is 4.29. The van der Waals surface area contributed by atoms with Crippen LogP contribution in [0.25, 0.3) is 0 Å². The number of hydrogen-bond acceptors (Lipinski definition) is 3. The van der Waals surface area contributed by atoms with Gasteiger partial charge in [0.1, 0.15) is 5.82 Å². The maximum Gasteiger partial charge on any atom is 0.253 e. The molecule has 0 aromatic heterocycles. The van der Waals surface area contributed by atoms with E-state index in [9.17, 15) is 14.0 Å². The smallest absolute Gasteiger partial charge is 0.253 e. The molecule has 2 aromatic rings. The molecule has 4 rings (SSSR count). The van der Waals surface area contributed by atoms with Gasteiger partial charge in [-0.15, -0.1) is 0 Å². The first-order chi connectivity index (χ1) is 14.5. The molecule has 1 N–H and O–H groups in total. The molecule has 30 heavy (non-hydrogen) atoms. The van der Waals surface area contributed by atoms with E-state index >= 15 is 0 Å². The highest BCUT2D eigenvalue weighted by atomic mass is 19.1. The Morgan fingerprint density at radius 2 is 1.60 bits per heavy atom. The van der Waals surface area contributed by atoms with E-state index in [0.717, 1.165) is 24.7 Å². The molecule has 0 aliphatic carbocycles. The molecule has 5 nitrogen and oxygen atoms in total. The molecule has 1 atom stereocenters. The van der Waals surface area contributed by atoms with E-state index < -0.39 is 0 Å². The minimum atomic E-state index is -0.357. The Kier molecular flexibility index (Phi) is 6.02. The van der Waals surface area contributed by atoms with Crippen LogP contribution >= 0.6 is 0 Å². The van der Waals surface area contributed by atoms with Crippen molar-refractivity contribution < 1.29 is 14.0 Å². The second kappa shape index (κ2) is 8.86. The van der Waals surface area contributed by atoms with Gasteiger partial charge in [-0.05, 0) is 73.7 Å². The van der Waals surface area contributed by atoms with Crippen LogP contribution in [0.5, 0.6) is 0 Å². The van der Waals surface area contributed by atoms with Gasteiger partial charge in [0.2, 0.25) is 5.91 Å². The lowest BCUT2D eigenvalue weighted by molar-refractivity contribution is -0.121. The molecule has 1 unspecified atom stereocenters. The molecule has 158 valence electrons. The monoisotopic (exact) mass is 409 g/mol. The van der Waals surface area contributed by atoms with Crippen LogP contribution in [0, 0.1) is 17.7 Å². The number of piperidine rings is 1. The molecular weight excluding hydrogens is 381 g/mol. The predicted molar refractivity (Wildman–Crippen MR) is 116 cm³/mol. The van der Waals surface area contributed by atoms with Crippen molar-refractivity contribution in [3.8, 4) is 0 Å². The molecule has 2 aliphatic heterocycles. The minimum absolute atomic E-state index is 0.00595. The Balaban J connectivity index is 1.28. The van der Waals surface area contributed by atoms with Crippen molar-refractivity contribution in [1.29, 1.82) is 0 Å². The van der Waals surface area contributed by atoms with E-state index in [1.807, 2.05) is 12.1 Å². The highest BCUT2D eigenvalue weighted by molar-refractivity contribution is 5.95. The van der Waals surface area contributed by atoms with Crippen LogP contribution in [0.3, 0.4) is 0 Å². The summed E-state index contributed by atoms with van der Waals surface area (Å²) >= 11 is 0. The molecule has 2 amide bonds. The van der Waals surface area contributed by atoms with Gasteiger partial charge in [0.25, 0.3) is 5.91 Å². The summed E-state index contributed by atoms with van der Waals surface area (Å²) < 4.78 is 13.1. The lowest BCUT2D eigenvalue weighted by Gasteiger charge is -2.31. The largest absolute Gasteiger partial charge is 0.371 e. The summed E-state index contributed by atoms with van der Waals surface area (Å²) in [6.45, 7) is 5.50. The second-order valence-electron chi connectivity index (χ2n) is 8.45. The van der Waals surface area contributed by atoms with Gasteiger partial charge in [-0.3, -0.25) is 9.59 Å². The zero-order chi connectivity index (χ0) is 21.1. The van der Waals surface area contributed by atoms with Crippen LogP contribution in [0.15, 0.2) is 48.5 Å². The molecule has 2 heterocycles. The molecule has 0 saturated carbocycles. The van der Waals surface area contributed by atoms with Gasteiger partial charge in [0.05, 0.1) is 0 Å². The highest BCUT2D eigenvalue weighted by Gasteiger charge is 2.28. The van der Waals surface area contributed by atoms with Crippen molar-refractivity contribution in [2.75, 3.05) is 36.4 Å². The Hall–Kier alpha value is -2.89. The average molecular weight is 410 g/mol. The zero-order valence-corrected chi connectivity index (χ0v) is 17.3. The molecule has 2 aliphatic rings. The third-order valence-corrected chi connectivity index (χ3v) is 6.17. The SMILES string of the molecule is CC1CCN(c2ccc(NC(=O)C3CCN(C(=O)c4ccc(F)cc4)CC3)cc2)C1. The molecule has 0 bridgehead atoms. The van der Waals surface area contributed by atoms with Crippen molar-refractivity contribution in [2.45, 2.75) is 26.2 Å². The fourth-order valence-corrected chi connectivity index (χ4v) is 4.29. The maximum atomic E-state index is 13.1. The first-order valence-corrected chi connectivity index (χ1v) is 10.7. The van der Waals surface area contributed by atoms with E-state index in [2.05, 4.69) is 29.3 Å². The normalized spacial score (nSPS) is 19.7. The summed E-state index contributed by atoms with van der Waals surface area (Å²) in [5, 5.41) is 3.02. The third kappa shape index (κ3) is 4.64. The zero-order valence-electron chi connectivity index (χ0n) is 17.3. The van der Waals surface area contributed by atoms with Gasteiger partial charge in [-0.25, -0.2) is 4.39 Å². The van der Waals surface area contributed by atoms with Crippen molar-refractivity contribution in [1.82, 2.24) is 4.90 Å². The van der Waals surface area contributed by atoms with Gasteiger partial charge in [0.15, 0.2) is 0 Å². The van der Waals surface area contributed by atoms with Crippen molar-refractivity contribution >= 4 is 23.2 Å². The van der Waals surface area contributed by atoms with E-state index in [0.29, 0.717) is 31.5 Å². The molecule has 2 fully saturated rings. The average Bonchev–Trinajstić information content (AvgIpc) is 3.21. The molecule has 6 heteroatoms. The summed E-state index contributed by atoms with van der Waals surface area (Å²) in [4.78, 5) is 29.3. The lowest BCUT2D eigenvalue weighted by Crippen LogP contribution is -2.41. The first kappa shape index (κ1) is 20.4. The van der Waals surface area contributed by atoms with Crippen molar-refractivity contribution in [3.63, 3.8) is 0 Å². The lowest BCUT2D eigenvalue weighted by atomic mass is 9.95. The summed E-state index contributed by atoms with van der Waals surface area (Å²) in [6.07, 6.45) is 2.48. The van der Waals surface area contributed by atoms with Gasteiger partial charge >= 0.3 is 0 Å². The minimum Gasteiger partial charge on any atom is -0.371 e. The van der Waals surface area contributed by atoms with Crippen LogP contribution in [0.1, 0.15) is 36.5 Å². The van der Waals surface area contributed by atoms with Gasteiger partial charge in [-0.2, -0.15) is 0 Å². The number of nitrogens with one attached hydrogen (secondary N) is 1. The highest BCUT2D eigenvalue weighted by Crippen LogP contribution is 2.26. The number of amides is 2. The topological polar surface area (TPSA) is 52.7 Å². The maximum absolute atomic E-state index is 13.1. The van der Waals surface area contributed by atoms with E-state index in [-0.39, 0.29) is 23.5 Å². The van der Waals surface area contributed by atoms with Crippen LogP contribution < -0.4 is 10.2 Å². The Labute approximate surface area is 176 Å². The summed E-state index contributed by atoms with van der Waals surface area (Å²) in [5.41, 5.74) is 2.48. The Morgan fingerprint density at radius 1 is 0.933 bits per heavy atom. The predicted octanol–water partition coefficient (Wildman–Crippen LogP) is 4.16. The summed E-state index contributed by atoms with van der Waals surface area (Å²) in [6, 6.07) is 13.7. The van der Waals surface area contributed by atoms with E-state index in [1.165, 1.54) is 36.4 Å². The number of nitrogens with zero attached hydrogens (tertiary/aromatic N) is 2. The van der Waals surface area contributed by atoms with Crippen molar-refractivity contribution in [3.05, 3.63) is 59.9 Å². The number of hydrogen-bond donors (Lipinski definition) is 1. The van der Waals surface area contributed by atoms with Crippen LogP contribution in [0.4, 0.5) is 15.8 Å². The Morgan fingerprint density at radius 3 is 2.20 bits per heavy atom. The van der Waals surface area contributed by atoms with E-state index in [4.69, 9.17) is 0 Å². The second-order valence-corrected chi connectivity index (χ2v) is 8.45. The van der Waals surface area contributed by atoms with E-state index in [1.54, 1.807) is 4.90 Å². The molecule has 2 saturated heterocycles. The quantitative estimate of drug-likeness (QED) is 0.825. The third-order valence-electron chi connectivity index (χ3n) is 6.17. The van der Waals surface area contributed by atoms with Crippen LogP contribution in [0.2, 0.25) is 0 Å². The molecular formula is C24H28FN3O2. The number of halogens is 1. The van der Waals surface area contributed by atoms with Gasteiger partial charge < -0.3 is 15.1 Å². The standard InChI is InChI=1S/C24H28FN3O2/c1-17-10-13-28(16-17)22-8-6-21(7-9-22)26-23(29)18-11-14-27(15-12-18)24(30)19-2-4-20(25)5-3-19/h2-9,17-18H,10-16H2,1H3,(H,26,29). The fraction of sp³-hybridized carbons (Fsp3) is 0.417. The number of carbonyl (C=O) groups is 2.